The lowest BCUT2D eigenvalue weighted by Crippen LogP contribution is -2.32. The zero-order chi connectivity index (χ0) is 15.2. The second-order valence-electron chi connectivity index (χ2n) is 4.55. The van der Waals surface area contributed by atoms with Crippen LogP contribution in [0, 0.1) is 0 Å². The lowest BCUT2D eigenvalue weighted by Gasteiger charge is -2.19. The van der Waals surface area contributed by atoms with Crippen molar-refractivity contribution < 1.29 is 14.7 Å². The highest BCUT2D eigenvalue weighted by Gasteiger charge is 2.20. The van der Waals surface area contributed by atoms with Crippen LogP contribution in [0.5, 0.6) is 0 Å². The first-order chi connectivity index (χ1) is 10.1. The van der Waals surface area contributed by atoms with Crippen LogP contribution in [-0.4, -0.2) is 45.2 Å². The molecule has 0 aliphatic heterocycles. The summed E-state index contributed by atoms with van der Waals surface area (Å²) < 4.78 is 0. The average Bonchev–Trinajstić information content (AvgIpc) is 2.97. The van der Waals surface area contributed by atoms with Gasteiger partial charge < -0.3 is 10.0 Å². The van der Waals surface area contributed by atoms with E-state index in [1.807, 2.05) is 37.3 Å². The van der Waals surface area contributed by atoms with Crippen LogP contribution in [-0.2, 0) is 4.79 Å². The summed E-state index contributed by atoms with van der Waals surface area (Å²) in [7, 11) is 0. The summed E-state index contributed by atoms with van der Waals surface area (Å²) in [6.07, 6.45) is 1.41. The number of carboxylic acids is 1. The molecule has 6 nitrogen and oxygen atoms in total. The van der Waals surface area contributed by atoms with Crippen LogP contribution in [0.2, 0.25) is 0 Å². The molecule has 0 atom stereocenters. The molecule has 0 fully saturated rings. The molecule has 1 aromatic heterocycles. The molecule has 0 saturated carbocycles. The quantitative estimate of drug-likeness (QED) is 0.851. The Morgan fingerprint density at radius 2 is 2.00 bits per heavy atom. The summed E-state index contributed by atoms with van der Waals surface area (Å²) in [5.74, 6) is -1.14. The Kier molecular flexibility index (Phi) is 4.71. The number of amides is 1. The van der Waals surface area contributed by atoms with Gasteiger partial charge in [-0.3, -0.25) is 14.7 Å². The second kappa shape index (κ2) is 6.69. The minimum absolute atomic E-state index is 0.0713. The van der Waals surface area contributed by atoms with Crippen molar-refractivity contribution in [3.8, 4) is 11.3 Å². The van der Waals surface area contributed by atoms with Crippen LogP contribution < -0.4 is 0 Å². The van der Waals surface area contributed by atoms with Gasteiger partial charge >= 0.3 is 5.97 Å². The van der Waals surface area contributed by atoms with E-state index < -0.39 is 5.97 Å². The normalized spacial score (nSPS) is 10.3. The maximum atomic E-state index is 12.5. The van der Waals surface area contributed by atoms with E-state index in [1.165, 1.54) is 11.1 Å². The van der Waals surface area contributed by atoms with Crippen LogP contribution in [0.25, 0.3) is 11.3 Å². The lowest BCUT2D eigenvalue weighted by atomic mass is 10.1. The molecular formula is C15H17N3O3. The number of carbonyl (C=O) groups excluding carboxylic acids is 1. The van der Waals surface area contributed by atoms with Gasteiger partial charge in [0, 0.05) is 18.7 Å². The van der Waals surface area contributed by atoms with E-state index in [4.69, 9.17) is 5.11 Å². The highest BCUT2D eigenvalue weighted by molar-refractivity contribution is 5.99. The summed E-state index contributed by atoms with van der Waals surface area (Å²) in [4.78, 5) is 24.7. The van der Waals surface area contributed by atoms with Gasteiger partial charge in [-0.2, -0.15) is 5.10 Å². The highest BCUT2D eigenvalue weighted by atomic mass is 16.4. The third-order valence-corrected chi connectivity index (χ3v) is 3.20. The van der Waals surface area contributed by atoms with Crippen LogP contribution in [0.15, 0.2) is 36.5 Å². The SMILES string of the molecule is CCN(CCC(=O)O)C(=O)c1cn[nH]c1-c1ccccc1. The summed E-state index contributed by atoms with van der Waals surface area (Å²) in [5, 5.41) is 15.5. The molecule has 110 valence electrons. The molecule has 2 N–H and O–H groups in total. The fraction of sp³-hybridized carbons (Fsp3) is 0.267. The molecule has 0 saturated heterocycles. The minimum atomic E-state index is -0.920. The van der Waals surface area contributed by atoms with Crippen molar-refractivity contribution in [2.75, 3.05) is 13.1 Å². The third kappa shape index (κ3) is 3.47. The van der Waals surface area contributed by atoms with Gasteiger partial charge in [0.05, 0.1) is 23.9 Å². The van der Waals surface area contributed by atoms with E-state index in [2.05, 4.69) is 10.2 Å². The largest absolute Gasteiger partial charge is 0.481 e. The smallest absolute Gasteiger partial charge is 0.305 e. The lowest BCUT2D eigenvalue weighted by molar-refractivity contribution is -0.137. The van der Waals surface area contributed by atoms with E-state index in [9.17, 15) is 9.59 Å². The molecule has 0 radical (unpaired) electrons. The average molecular weight is 287 g/mol. The molecule has 0 spiro atoms. The predicted molar refractivity (Wildman–Crippen MR) is 77.9 cm³/mol. The molecular weight excluding hydrogens is 270 g/mol. The number of H-pyrrole nitrogens is 1. The molecule has 1 amide bonds. The zero-order valence-corrected chi connectivity index (χ0v) is 11.7. The van der Waals surface area contributed by atoms with Gasteiger partial charge in [0.15, 0.2) is 0 Å². The second-order valence-corrected chi connectivity index (χ2v) is 4.55. The number of carbonyl (C=O) groups is 2. The van der Waals surface area contributed by atoms with E-state index >= 15 is 0 Å². The van der Waals surface area contributed by atoms with Gasteiger partial charge in [0.2, 0.25) is 0 Å². The van der Waals surface area contributed by atoms with Gasteiger partial charge in [0.1, 0.15) is 0 Å². The Morgan fingerprint density at radius 1 is 1.29 bits per heavy atom. The van der Waals surface area contributed by atoms with Gasteiger partial charge in [-0.05, 0) is 6.92 Å². The standard InChI is InChI=1S/C15H17N3O3/c1-2-18(9-8-13(19)20)15(21)12-10-16-17-14(12)11-6-4-3-5-7-11/h3-7,10H,2,8-9H2,1H3,(H,16,17)(H,19,20). The summed E-state index contributed by atoms with van der Waals surface area (Å²) in [6.45, 7) is 2.46. The number of aromatic amines is 1. The van der Waals surface area contributed by atoms with Crippen molar-refractivity contribution in [1.29, 1.82) is 0 Å². The highest BCUT2D eigenvalue weighted by Crippen LogP contribution is 2.21. The third-order valence-electron chi connectivity index (χ3n) is 3.20. The van der Waals surface area contributed by atoms with Gasteiger partial charge in [-0.25, -0.2) is 0 Å². The first-order valence-electron chi connectivity index (χ1n) is 6.73. The monoisotopic (exact) mass is 287 g/mol. The fourth-order valence-electron chi connectivity index (χ4n) is 2.08. The minimum Gasteiger partial charge on any atom is -0.481 e. The van der Waals surface area contributed by atoms with E-state index in [0.29, 0.717) is 17.8 Å². The summed E-state index contributed by atoms with van der Waals surface area (Å²) >= 11 is 0. The number of carboxylic acid groups (broad SMARTS) is 1. The summed E-state index contributed by atoms with van der Waals surface area (Å²) in [6, 6.07) is 9.43. The number of benzene rings is 1. The topological polar surface area (TPSA) is 86.3 Å². The number of nitrogens with one attached hydrogen (secondary N) is 1. The van der Waals surface area contributed by atoms with Crippen molar-refractivity contribution in [2.24, 2.45) is 0 Å². The molecule has 1 aromatic carbocycles. The van der Waals surface area contributed by atoms with E-state index in [0.717, 1.165) is 5.56 Å². The Labute approximate surface area is 122 Å². The van der Waals surface area contributed by atoms with Gasteiger partial charge in [0.25, 0.3) is 5.91 Å². The van der Waals surface area contributed by atoms with Gasteiger partial charge in [-0.15, -0.1) is 0 Å². The molecule has 2 rings (SSSR count). The first kappa shape index (κ1) is 14.8. The Bertz CT molecular complexity index is 622. The maximum absolute atomic E-state index is 12.5. The van der Waals surface area contributed by atoms with E-state index in [-0.39, 0.29) is 18.9 Å². The van der Waals surface area contributed by atoms with Gasteiger partial charge in [-0.1, -0.05) is 30.3 Å². The Balaban J connectivity index is 2.23. The maximum Gasteiger partial charge on any atom is 0.305 e. The van der Waals surface area contributed by atoms with Crippen LogP contribution >= 0.6 is 0 Å². The number of aromatic nitrogens is 2. The van der Waals surface area contributed by atoms with Crippen molar-refractivity contribution >= 4 is 11.9 Å². The number of aliphatic carboxylic acids is 1. The first-order valence-corrected chi connectivity index (χ1v) is 6.73. The van der Waals surface area contributed by atoms with Crippen molar-refractivity contribution in [1.82, 2.24) is 15.1 Å². The predicted octanol–water partition coefficient (Wildman–Crippen LogP) is 2.01. The number of rotatable bonds is 6. The molecule has 21 heavy (non-hydrogen) atoms. The molecule has 2 aromatic rings. The van der Waals surface area contributed by atoms with Crippen LogP contribution in [0.3, 0.4) is 0 Å². The van der Waals surface area contributed by atoms with Crippen LogP contribution in [0.1, 0.15) is 23.7 Å². The molecule has 6 heteroatoms. The van der Waals surface area contributed by atoms with Crippen molar-refractivity contribution in [3.05, 3.63) is 42.1 Å². The number of hydrogen-bond donors (Lipinski definition) is 2. The van der Waals surface area contributed by atoms with Crippen molar-refractivity contribution in [2.45, 2.75) is 13.3 Å². The fourth-order valence-corrected chi connectivity index (χ4v) is 2.08. The Morgan fingerprint density at radius 3 is 2.62 bits per heavy atom. The molecule has 0 unspecified atom stereocenters. The number of hydrogen-bond acceptors (Lipinski definition) is 3. The number of nitrogens with zero attached hydrogens (tertiary/aromatic N) is 2. The molecule has 0 aliphatic rings. The zero-order valence-electron chi connectivity index (χ0n) is 11.7. The summed E-state index contributed by atoms with van der Waals surface area (Å²) in [5.41, 5.74) is 1.97. The molecule has 0 bridgehead atoms. The van der Waals surface area contributed by atoms with E-state index in [1.54, 1.807) is 0 Å². The van der Waals surface area contributed by atoms with Crippen molar-refractivity contribution in [3.63, 3.8) is 0 Å². The molecule has 1 heterocycles. The molecule has 0 aliphatic carbocycles. The Hall–Kier alpha value is -2.63. The van der Waals surface area contributed by atoms with Crippen LogP contribution in [0.4, 0.5) is 0 Å².